The van der Waals surface area contributed by atoms with Crippen LogP contribution in [0.15, 0.2) is 10.6 Å². The minimum atomic E-state index is 0.493. The second-order valence-corrected chi connectivity index (χ2v) is 4.54. The van der Waals surface area contributed by atoms with Gasteiger partial charge in [0.2, 0.25) is 0 Å². The van der Waals surface area contributed by atoms with E-state index >= 15 is 0 Å². The number of rotatable bonds is 6. The molecule has 0 aromatic carbocycles. The van der Waals surface area contributed by atoms with Gasteiger partial charge in [0.25, 0.3) is 0 Å². The highest BCUT2D eigenvalue weighted by Crippen LogP contribution is 2.19. The van der Waals surface area contributed by atoms with Gasteiger partial charge in [-0.3, -0.25) is 4.90 Å². The Kier molecular flexibility index (Phi) is 4.53. The van der Waals surface area contributed by atoms with Crippen LogP contribution >= 0.6 is 0 Å². The molecule has 17 heavy (non-hydrogen) atoms. The Balaban J connectivity index is 1.90. The molecule has 5 nitrogen and oxygen atoms in total. The van der Waals surface area contributed by atoms with Gasteiger partial charge in [-0.05, 0) is 26.4 Å². The lowest BCUT2D eigenvalue weighted by Gasteiger charge is -2.22. The van der Waals surface area contributed by atoms with Crippen molar-refractivity contribution in [3.8, 4) is 0 Å². The summed E-state index contributed by atoms with van der Waals surface area (Å²) < 4.78 is 10.2. The summed E-state index contributed by atoms with van der Waals surface area (Å²) in [5, 5.41) is 7.32. The molecule has 1 saturated heterocycles. The van der Waals surface area contributed by atoms with Gasteiger partial charge < -0.3 is 14.6 Å². The van der Waals surface area contributed by atoms with Gasteiger partial charge in [-0.15, -0.1) is 0 Å². The number of nitrogens with one attached hydrogen (secondary N) is 1. The zero-order chi connectivity index (χ0) is 12.1. The fourth-order valence-corrected chi connectivity index (χ4v) is 2.42. The molecule has 1 unspecified atom stereocenters. The van der Waals surface area contributed by atoms with Crippen LogP contribution in [0.1, 0.15) is 24.3 Å². The van der Waals surface area contributed by atoms with Crippen molar-refractivity contribution in [1.82, 2.24) is 15.4 Å². The average Bonchev–Trinajstić information content (AvgIpc) is 2.91. The highest BCUT2D eigenvalue weighted by atomic mass is 16.5. The van der Waals surface area contributed by atoms with Crippen molar-refractivity contribution < 1.29 is 9.26 Å². The van der Waals surface area contributed by atoms with Crippen molar-refractivity contribution in [3.63, 3.8) is 0 Å². The first-order valence-electron chi connectivity index (χ1n) is 6.15. The maximum atomic E-state index is 5.19. The molecule has 1 fully saturated rings. The van der Waals surface area contributed by atoms with E-state index in [1.54, 1.807) is 7.11 Å². The molecular weight excluding hydrogens is 218 g/mol. The maximum Gasteiger partial charge on any atom is 0.162 e. The zero-order valence-electron chi connectivity index (χ0n) is 10.6. The van der Waals surface area contributed by atoms with Crippen LogP contribution < -0.4 is 5.32 Å². The summed E-state index contributed by atoms with van der Waals surface area (Å²) in [6.07, 6.45) is 2.54. The lowest BCUT2D eigenvalue weighted by atomic mass is 10.2. The van der Waals surface area contributed by atoms with Crippen LogP contribution in [-0.2, 0) is 17.9 Å². The van der Waals surface area contributed by atoms with Crippen LogP contribution in [0.25, 0.3) is 0 Å². The third kappa shape index (κ3) is 3.28. The van der Waals surface area contributed by atoms with Gasteiger partial charge in [0, 0.05) is 32.3 Å². The summed E-state index contributed by atoms with van der Waals surface area (Å²) in [5.74, 6) is 0.798. The highest BCUT2D eigenvalue weighted by Gasteiger charge is 2.24. The number of methoxy groups -OCH3 is 1. The van der Waals surface area contributed by atoms with Crippen LogP contribution in [0, 0.1) is 0 Å². The van der Waals surface area contributed by atoms with Crippen LogP contribution in [0.4, 0.5) is 0 Å². The summed E-state index contributed by atoms with van der Waals surface area (Å²) in [6.45, 7) is 3.56. The third-order valence-corrected chi connectivity index (χ3v) is 3.20. The highest BCUT2D eigenvalue weighted by molar-refractivity contribution is 5.05. The number of aromatic nitrogens is 1. The first-order chi connectivity index (χ1) is 8.33. The topological polar surface area (TPSA) is 50.5 Å². The van der Waals surface area contributed by atoms with Crippen LogP contribution in [0.5, 0.6) is 0 Å². The Morgan fingerprint density at radius 3 is 3.29 bits per heavy atom. The van der Waals surface area contributed by atoms with Gasteiger partial charge in [0.05, 0.1) is 5.69 Å². The standard InChI is InChI=1S/C12H21N3O2/c1-13-7-11-4-3-5-15(11)8-10-6-12(9-16-2)17-14-10/h6,11,13H,3-5,7-9H2,1-2H3. The quantitative estimate of drug-likeness (QED) is 0.802. The molecule has 96 valence electrons. The fourth-order valence-electron chi connectivity index (χ4n) is 2.42. The second-order valence-electron chi connectivity index (χ2n) is 4.54. The molecule has 0 radical (unpaired) electrons. The average molecular weight is 239 g/mol. The lowest BCUT2D eigenvalue weighted by Crippen LogP contribution is -2.36. The lowest BCUT2D eigenvalue weighted by molar-refractivity contribution is 0.155. The first kappa shape index (κ1) is 12.5. The zero-order valence-corrected chi connectivity index (χ0v) is 10.6. The van der Waals surface area contributed by atoms with E-state index in [2.05, 4.69) is 15.4 Å². The first-order valence-corrected chi connectivity index (χ1v) is 6.15. The molecule has 2 rings (SSSR count). The smallest absolute Gasteiger partial charge is 0.162 e. The molecule has 5 heteroatoms. The van der Waals surface area contributed by atoms with Crippen LogP contribution in [-0.4, -0.2) is 43.3 Å². The Labute approximate surface area is 102 Å². The number of likely N-dealkylation sites (N-methyl/N-ethyl adjacent to an activating group) is 1. The predicted octanol–water partition coefficient (Wildman–Crippen LogP) is 1.00. The van der Waals surface area contributed by atoms with E-state index in [-0.39, 0.29) is 0 Å². The van der Waals surface area contributed by atoms with Gasteiger partial charge in [-0.2, -0.15) is 0 Å². The Bertz CT molecular complexity index is 340. The van der Waals surface area contributed by atoms with E-state index in [4.69, 9.17) is 9.26 Å². The summed E-state index contributed by atoms with van der Waals surface area (Å²) in [4.78, 5) is 2.46. The van der Waals surface area contributed by atoms with Gasteiger partial charge in [-0.25, -0.2) is 0 Å². The molecule has 1 atom stereocenters. The Hall–Kier alpha value is -0.910. The van der Waals surface area contributed by atoms with E-state index < -0.39 is 0 Å². The number of nitrogens with zero attached hydrogens (tertiary/aromatic N) is 2. The largest absolute Gasteiger partial charge is 0.377 e. The number of ether oxygens (including phenoxy) is 1. The van der Waals surface area contributed by atoms with Crippen LogP contribution in [0.2, 0.25) is 0 Å². The van der Waals surface area contributed by atoms with E-state index in [0.717, 1.165) is 31.1 Å². The summed E-state index contributed by atoms with van der Waals surface area (Å²) in [5.41, 5.74) is 1.00. The Morgan fingerprint density at radius 2 is 2.53 bits per heavy atom. The molecule has 2 heterocycles. The molecule has 1 aromatic heterocycles. The monoisotopic (exact) mass is 239 g/mol. The minimum absolute atomic E-state index is 0.493. The third-order valence-electron chi connectivity index (χ3n) is 3.20. The predicted molar refractivity (Wildman–Crippen MR) is 64.6 cm³/mol. The van der Waals surface area contributed by atoms with E-state index in [1.165, 1.54) is 12.8 Å². The molecule has 1 aliphatic heterocycles. The Morgan fingerprint density at radius 1 is 1.65 bits per heavy atom. The molecule has 0 amide bonds. The summed E-state index contributed by atoms with van der Waals surface area (Å²) in [6, 6.07) is 2.61. The maximum absolute atomic E-state index is 5.19. The van der Waals surface area contributed by atoms with Crippen molar-refractivity contribution in [2.24, 2.45) is 0 Å². The number of hydrogen-bond acceptors (Lipinski definition) is 5. The van der Waals surface area contributed by atoms with Crippen molar-refractivity contribution in [2.75, 3.05) is 27.2 Å². The van der Waals surface area contributed by atoms with Gasteiger partial charge in [0.1, 0.15) is 6.61 Å². The van der Waals surface area contributed by atoms with Crippen molar-refractivity contribution in [2.45, 2.75) is 32.0 Å². The van der Waals surface area contributed by atoms with Crippen LogP contribution in [0.3, 0.4) is 0 Å². The molecule has 0 bridgehead atoms. The van der Waals surface area contributed by atoms with Crippen molar-refractivity contribution in [3.05, 3.63) is 17.5 Å². The van der Waals surface area contributed by atoms with Crippen molar-refractivity contribution >= 4 is 0 Å². The molecule has 0 aliphatic carbocycles. The molecule has 0 spiro atoms. The molecule has 1 aliphatic rings. The molecule has 0 saturated carbocycles. The SMILES string of the molecule is CNCC1CCCN1Cc1cc(COC)on1. The number of likely N-dealkylation sites (tertiary alicyclic amines) is 1. The molecule has 1 N–H and O–H groups in total. The van der Waals surface area contributed by atoms with Gasteiger partial charge in [0.15, 0.2) is 5.76 Å². The fraction of sp³-hybridized carbons (Fsp3) is 0.750. The van der Waals surface area contributed by atoms with Gasteiger partial charge in [-0.1, -0.05) is 5.16 Å². The van der Waals surface area contributed by atoms with Crippen molar-refractivity contribution in [1.29, 1.82) is 0 Å². The van der Waals surface area contributed by atoms with E-state index in [1.807, 2.05) is 13.1 Å². The van der Waals surface area contributed by atoms with Gasteiger partial charge >= 0.3 is 0 Å². The summed E-state index contributed by atoms with van der Waals surface area (Å²) >= 11 is 0. The van der Waals surface area contributed by atoms with E-state index in [0.29, 0.717) is 12.6 Å². The number of hydrogen-bond donors (Lipinski definition) is 1. The minimum Gasteiger partial charge on any atom is -0.377 e. The van der Waals surface area contributed by atoms with E-state index in [9.17, 15) is 0 Å². The molecular formula is C12H21N3O2. The normalized spacial score (nSPS) is 21.2. The molecule has 1 aromatic rings. The second kappa shape index (κ2) is 6.14. The summed E-state index contributed by atoms with van der Waals surface area (Å²) in [7, 11) is 3.66.